The van der Waals surface area contributed by atoms with E-state index in [0.717, 1.165) is 27.7 Å². The van der Waals surface area contributed by atoms with Crippen molar-refractivity contribution in [3.63, 3.8) is 0 Å². The second-order valence-electron chi connectivity index (χ2n) is 8.28. The second kappa shape index (κ2) is 8.53. The number of nitrogens with one attached hydrogen (secondary N) is 2. The van der Waals surface area contributed by atoms with Gasteiger partial charge in [0.1, 0.15) is 0 Å². The Labute approximate surface area is 198 Å². The Balaban J connectivity index is 1.82. The molecule has 1 atom stereocenters. The van der Waals surface area contributed by atoms with Crippen LogP contribution in [0.15, 0.2) is 41.6 Å². The molecule has 0 aliphatic carbocycles. The maximum atomic E-state index is 12.7. The van der Waals surface area contributed by atoms with Crippen LogP contribution in [0, 0.1) is 25.6 Å². The van der Waals surface area contributed by atoms with E-state index in [9.17, 15) is 9.00 Å². The van der Waals surface area contributed by atoms with Crippen molar-refractivity contribution in [2.75, 3.05) is 11.1 Å². The minimum absolute atomic E-state index is 0.00534. The highest BCUT2D eigenvalue weighted by atomic mass is 32.2. The number of hydrogen-bond donors (Lipinski definition) is 3. The van der Waals surface area contributed by atoms with Gasteiger partial charge in [0.2, 0.25) is 0 Å². The number of nitrogens with zero attached hydrogens (tertiary/aromatic N) is 4. The molecule has 9 nitrogen and oxygen atoms in total. The van der Waals surface area contributed by atoms with Gasteiger partial charge in [0.25, 0.3) is 5.91 Å². The van der Waals surface area contributed by atoms with Gasteiger partial charge in [0.15, 0.2) is 11.5 Å². The van der Waals surface area contributed by atoms with Crippen LogP contribution in [0.4, 0.5) is 11.5 Å². The number of carbonyl (C=O) groups is 1. The minimum atomic E-state index is -2.87. The smallest absolute Gasteiger partial charge is 0.271 e. The zero-order valence-corrected chi connectivity index (χ0v) is 20.6. The Morgan fingerprint density at radius 1 is 1.18 bits per heavy atom. The Kier molecular flexibility index (Phi) is 5.86. The zero-order valence-electron chi connectivity index (χ0n) is 19.8. The molecule has 0 spiro atoms. The summed E-state index contributed by atoms with van der Waals surface area (Å²) in [6, 6.07) is 9.33. The number of fused-ring (bicyclic) bond motifs is 1. The largest absolute Gasteiger partial charge is 0.364 e. The summed E-state index contributed by atoms with van der Waals surface area (Å²) in [6.07, 6.45) is 1.73. The fourth-order valence-electron chi connectivity index (χ4n) is 4.21. The summed E-state index contributed by atoms with van der Waals surface area (Å²) in [5.41, 5.74) is 11.4. The number of amides is 1. The van der Waals surface area contributed by atoms with E-state index in [4.69, 9.17) is 10.5 Å². The number of aromatic nitrogens is 4. The van der Waals surface area contributed by atoms with E-state index < -0.39 is 15.6 Å². The normalized spacial score (nSPS) is 13.1. The van der Waals surface area contributed by atoms with Gasteiger partial charge in [-0.05, 0) is 50.1 Å². The van der Waals surface area contributed by atoms with Crippen molar-refractivity contribution in [3.8, 4) is 11.3 Å². The summed E-state index contributed by atoms with van der Waals surface area (Å²) < 4.78 is 22.8. The molecule has 4 aromatic rings. The van der Waals surface area contributed by atoms with E-state index in [-0.39, 0.29) is 17.3 Å². The van der Waals surface area contributed by atoms with Crippen LogP contribution in [-0.2, 0) is 16.8 Å². The molecular weight excluding hydrogens is 450 g/mol. The molecule has 0 bridgehead atoms. The van der Waals surface area contributed by atoms with E-state index in [1.54, 1.807) is 25.4 Å². The van der Waals surface area contributed by atoms with Crippen molar-refractivity contribution >= 4 is 38.2 Å². The van der Waals surface area contributed by atoms with Crippen molar-refractivity contribution in [2.45, 2.75) is 32.6 Å². The monoisotopic (exact) mass is 477 g/mol. The van der Waals surface area contributed by atoms with E-state index in [1.807, 2.05) is 50.6 Å². The number of anilines is 2. The molecule has 0 unspecified atom stereocenters. The van der Waals surface area contributed by atoms with Gasteiger partial charge in [-0.1, -0.05) is 19.1 Å². The number of rotatable bonds is 6. The van der Waals surface area contributed by atoms with Crippen LogP contribution < -0.4 is 11.1 Å². The van der Waals surface area contributed by atoms with Crippen LogP contribution in [0.25, 0.3) is 22.3 Å². The van der Waals surface area contributed by atoms with Crippen LogP contribution in [0.5, 0.6) is 0 Å². The quantitative estimate of drug-likeness (QED) is 0.380. The van der Waals surface area contributed by atoms with Crippen molar-refractivity contribution in [1.29, 1.82) is 4.78 Å². The predicted molar refractivity (Wildman–Crippen MR) is 134 cm³/mol. The Morgan fingerprint density at radius 3 is 2.47 bits per heavy atom. The first kappa shape index (κ1) is 23.4. The van der Waals surface area contributed by atoms with Crippen LogP contribution in [0.3, 0.4) is 0 Å². The van der Waals surface area contributed by atoms with Gasteiger partial charge in [-0.2, -0.15) is 0 Å². The van der Waals surface area contributed by atoms with Crippen LogP contribution in [0.1, 0.15) is 34.2 Å². The molecule has 4 rings (SSSR count). The average Bonchev–Trinajstić information content (AvgIpc) is 3.14. The highest BCUT2D eigenvalue weighted by Gasteiger charge is 2.21. The fourth-order valence-corrected chi connectivity index (χ4v) is 5.65. The Morgan fingerprint density at radius 2 is 1.85 bits per heavy atom. The SMILES string of the molecule is CC[S@@](=N)(=O)c1c(C)cc(Nc2nc(C)c(-c3cccc4c3ncn4C)nc2C(N)=O)cc1C. The summed E-state index contributed by atoms with van der Waals surface area (Å²) in [7, 11) is -0.956. The highest BCUT2D eigenvalue weighted by molar-refractivity contribution is 7.92. The first-order chi connectivity index (χ1) is 16.0. The molecule has 4 N–H and O–H groups in total. The lowest BCUT2D eigenvalue weighted by atomic mass is 10.1. The molecule has 2 heterocycles. The van der Waals surface area contributed by atoms with E-state index >= 15 is 0 Å². The van der Waals surface area contributed by atoms with Gasteiger partial charge in [-0.25, -0.2) is 23.9 Å². The third-order valence-corrected chi connectivity index (χ3v) is 7.89. The third kappa shape index (κ3) is 4.01. The standard InChI is InChI=1S/C24H27N7O2S/c1-6-34(26,33)22-13(2)10-16(11-14(22)3)29-24-21(23(25)32)30-19(15(4)28-24)17-8-7-9-18-20(17)27-12-31(18)5/h7-12,26H,6H2,1-5H3,(H2,25,32)(H,28,29)/t34-/m1/s1. The molecule has 2 aromatic carbocycles. The summed E-state index contributed by atoms with van der Waals surface area (Å²) in [5, 5.41) is 3.14. The van der Waals surface area contributed by atoms with Crippen LogP contribution >= 0.6 is 0 Å². The van der Waals surface area contributed by atoms with E-state index in [2.05, 4.69) is 20.3 Å². The number of para-hydroxylation sites is 1. The van der Waals surface area contributed by atoms with Gasteiger partial charge in [-0.3, -0.25) is 4.79 Å². The zero-order chi connectivity index (χ0) is 24.8. The number of primary amides is 1. The van der Waals surface area contributed by atoms with E-state index in [1.165, 1.54) is 0 Å². The lowest BCUT2D eigenvalue weighted by molar-refractivity contribution is 0.0996. The number of imidazole rings is 1. The minimum Gasteiger partial charge on any atom is -0.364 e. The number of nitrogens with two attached hydrogens (primary N) is 1. The van der Waals surface area contributed by atoms with Crippen LogP contribution in [0.2, 0.25) is 0 Å². The number of carbonyl (C=O) groups excluding carboxylic acids is 1. The fraction of sp³-hybridized carbons (Fsp3) is 0.250. The first-order valence-corrected chi connectivity index (χ1v) is 12.5. The summed E-state index contributed by atoms with van der Waals surface area (Å²) in [4.78, 5) is 26.6. The molecular formula is C24H27N7O2S. The van der Waals surface area contributed by atoms with E-state index in [0.29, 0.717) is 22.0 Å². The molecule has 34 heavy (non-hydrogen) atoms. The summed E-state index contributed by atoms with van der Waals surface area (Å²) in [6.45, 7) is 7.20. The highest BCUT2D eigenvalue weighted by Crippen LogP contribution is 2.31. The van der Waals surface area contributed by atoms with Gasteiger partial charge in [0, 0.05) is 24.1 Å². The molecule has 0 saturated heterocycles. The van der Waals surface area contributed by atoms with Crippen LogP contribution in [-0.4, -0.2) is 35.4 Å². The molecule has 0 radical (unpaired) electrons. The second-order valence-corrected chi connectivity index (χ2v) is 10.6. The lowest BCUT2D eigenvalue weighted by Gasteiger charge is -2.17. The molecule has 0 aliphatic heterocycles. The molecule has 176 valence electrons. The number of hydrogen-bond acceptors (Lipinski definition) is 7. The summed E-state index contributed by atoms with van der Waals surface area (Å²) >= 11 is 0. The van der Waals surface area contributed by atoms with Crippen molar-refractivity contribution < 1.29 is 9.00 Å². The Bertz CT molecular complexity index is 1530. The maximum Gasteiger partial charge on any atom is 0.271 e. The van der Waals surface area contributed by atoms with Gasteiger partial charge in [0.05, 0.1) is 43.4 Å². The summed E-state index contributed by atoms with van der Waals surface area (Å²) in [5.74, 6) is -0.243. The topological polar surface area (TPSA) is 140 Å². The maximum absolute atomic E-state index is 12.7. The molecule has 0 fully saturated rings. The predicted octanol–water partition coefficient (Wildman–Crippen LogP) is 4.22. The van der Waals surface area contributed by atoms with Gasteiger partial charge >= 0.3 is 0 Å². The van der Waals surface area contributed by atoms with Gasteiger partial charge < -0.3 is 15.6 Å². The third-order valence-electron chi connectivity index (χ3n) is 5.77. The Hall–Kier alpha value is -3.79. The molecule has 0 aliphatic rings. The average molecular weight is 478 g/mol. The van der Waals surface area contributed by atoms with Crippen molar-refractivity contribution in [2.24, 2.45) is 12.8 Å². The first-order valence-electron chi connectivity index (χ1n) is 10.8. The van der Waals surface area contributed by atoms with Crippen molar-refractivity contribution in [3.05, 3.63) is 59.2 Å². The molecule has 10 heteroatoms. The number of benzene rings is 2. The van der Waals surface area contributed by atoms with Crippen molar-refractivity contribution in [1.82, 2.24) is 19.5 Å². The molecule has 1 amide bonds. The number of aryl methyl sites for hydroxylation is 4. The van der Waals surface area contributed by atoms with Gasteiger partial charge in [-0.15, -0.1) is 0 Å². The lowest BCUT2D eigenvalue weighted by Crippen LogP contribution is -2.18. The molecule has 0 saturated carbocycles. The molecule has 2 aromatic heterocycles.